The van der Waals surface area contributed by atoms with Gasteiger partial charge in [-0.05, 0) is 12.8 Å². The number of anilines is 1. The van der Waals surface area contributed by atoms with Gasteiger partial charge in [-0.3, -0.25) is 19.5 Å². The molecule has 0 atom stereocenters. The number of pyridine rings is 1. The fourth-order valence-corrected chi connectivity index (χ4v) is 4.65. The van der Waals surface area contributed by atoms with E-state index in [0.717, 1.165) is 25.7 Å². The van der Waals surface area contributed by atoms with Gasteiger partial charge in [-0.1, -0.05) is 19.3 Å². The van der Waals surface area contributed by atoms with E-state index >= 15 is 0 Å². The van der Waals surface area contributed by atoms with Crippen LogP contribution in [-0.4, -0.2) is 26.5 Å². The number of hydrogen-bond donors (Lipinski definition) is 1. The van der Waals surface area contributed by atoms with Crippen molar-refractivity contribution in [1.29, 1.82) is 0 Å². The lowest BCUT2D eigenvalue weighted by Crippen LogP contribution is -2.26. The SMILES string of the molecule is CNc1c([N+](=O)[O-])cnc2sc3c(=O)n(C4CCCCC4)cnc3c12. The number of nitrogens with one attached hydrogen (secondary N) is 1. The van der Waals surface area contributed by atoms with E-state index in [0.29, 0.717) is 26.1 Å². The van der Waals surface area contributed by atoms with Crippen LogP contribution >= 0.6 is 11.3 Å². The second-order valence-corrected chi connectivity index (χ2v) is 7.23. The highest BCUT2D eigenvalue weighted by molar-refractivity contribution is 7.25. The molecule has 130 valence electrons. The van der Waals surface area contributed by atoms with Crippen LogP contribution in [0, 0.1) is 10.1 Å². The van der Waals surface area contributed by atoms with E-state index in [-0.39, 0.29) is 17.3 Å². The first-order valence-corrected chi connectivity index (χ1v) is 9.08. The molecule has 8 nitrogen and oxygen atoms in total. The van der Waals surface area contributed by atoms with Crippen molar-refractivity contribution in [1.82, 2.24) is 14.5 Å². The third kappa shape index (κ3) is 2.46. The second kappa shape index (κ2) is 6.07. The van der Waals surface area contributed by atoms with Crippen LogP contribution < -0.4 is 10.9 Å². The summed E-state index contributed by atoms with van der Waals surface area (Å²) >= 11 is 1.25. The molecule has 0 aromatic carbocycles. The summed E-state index contributed by atoms with van der Waals surface area (Å²) in [5, 5.41) is 14.7. The molecule has 1 aliphatic rings. The van der Waals surface area contributed by atoms with E-state index in [2.05, 4.69) is 15.3 Å². The van der Waals surface area contributed by atoms with Gasteiger partial charge in [0.1, 0.15) is 26.9 Å². The van der Waals surface area contributed by atoms with Crippen molar-refractivity contribution in [2.45, 2.75) is 38.1 Å². The maximum Gasteiger partial charge on any atom is 0.311 e. The maximum atomic E-state index is 13.0. The zero-order valence-electron chi connectivity index (χ0n) is 13.7. The number of thiophene rings is 1. The fourth-order valence-electron chi connectivity index (χ4n) is 3.61. The second-order valence-electron chi connectivity index (χ2n) is 6.23. The molecule has 0 unspecified atom stereocenters. The lowest BCUT2D eigenvalue weighted by Gasteiger charge is -2.23. The smallest absolute Gasteiger partial charge is 0.311 e. The Bertz CT molecular complexity index is 1040. The topological polar surface area (TPSA) is 103 Å². The molecular formula is C16H17N5O3S. The molecule has 0 saturated heterocycles. The lowest BCUT2D eigenvalue weighted by molar-refractivity contribution is -0.384. The first kappa shape index (κ1) is 15.9. The van der Waals surface area contributed by atoms with Gasteiger partial charge in [0.25, 0.3) is 5.56 Å². The monoisotopic (exact) mass is 359 g/mol. The fraction of sp³-hybridized carbons (Fsp3) is 0.438. The van der Waals surface area contributed by atoms with E-state index in [4.69, 9.17) is 0 Å². The van der Waals surface area contributed by atoms with Gasteiger partial charge in [0.2, 0.25) is 0 Å². The Morgan fingerprint density at radius 1 is 1.32 bits per heavy atom. The number of hydrogen-bond acceptors (Lipinski definition) is 7. The zero-order chi connectivity index (χ0) is 17.6. The van der Waals surface area contributed by atoms with Crippen LogP contribution in [0.25, 0.3) is 20.4 Å². The van der Waals surface area contributed by atoms with Crippen molar-refractivity contribution < 1.29 is 4.92 Å². The summed E-state index contributed by atoms with van der Waals surface area (Å²) < 4.78 is 2.23. The summed E-state index contributed by atoms with van der Waals surface area (Å²) in [5.41, 5.74) is 0.638. The van der Waals surface area contributed by atoms with Crippen LogP contribution in [0.2, 0.25) is 0 Å². The van der Waals surface area contributed by atoms with Gasteiger partial charge in [-0.2, -0.15) is 0 Å². The van der Waals surface area contributed by atoms with Crippen LogP contribution in [0.4, 0.5) is 11.4 Å². The summed E-state index contributed by atoms with van der Waals surface area (Å²) in [6.07, 6.45) is 8.25. The van der Waals surface area contributed by atoms with E-state index in [1.165, 1.54) is 24.0 Å². The van der Waals surface area contributed by atoms with Crippen molar-refractivity contribution in [2.24, 2.45) is 0 Å². The zero-order valence-corrected chi connectivity index (χ0v) is 14.5. The molecule has 3 heterocycles. The van der Waals surface area contributed by atoms with Gasteiger partial charge in [-0.15, -0.1) is 11.3 Å². The summed E-state index contributed by atoms with van der Waals surface area (Å²) in [6.45, 7) is 0. The number of nitro groups is 1. The number of aromatic nitrogens is 3. The minimum Gasteiger partial charge on any atom is -0.382 e. The van der Waals surface area contributed by atoms with Crippen LogP contribution in [0.15, 0.2) is 17.3 Å². The third-order valence-corrected chi connectivity index (χ3v) is 5.90. The van der Waals surface area contributed by atoms with Crippen molar-refractivity contribution in [3.8, 4) is 0 Å². The molecule has 3 aromatic rings. The molecule has 3 aromatic heterocycles. The molecule has 1 fully saturated rings. The summed E-state index contributed by atoms with van der Waals surface area (Å²) in [7, 11) is 1.62. The Balaban J connectivity index is 1.98. The van der Waals surface area contributed by atoms with E-state index in [1.807, 2.05) is 0 Å². The highest BCUT2D eigenvalue weighted by Gasteiger charge is 2.24. The van der Waals surface area contributed by atoms with E-state index < -0.39 is 4.92 Å². The first-order chi connectivity index (χ1) is 12.1. The van der Waals surface area contributed by atoms with Crippen LogP contribution in [-0.2, 0) is 0 Å². The molecule has 4 rings (SSSR count). The van der Waals surface area contributed by atoms with Crippen LogP contribution in [0.1, 0.15) is 38.1 Å². The summed E-state index contributed by atoms with van der Waals surface area (Å²) in [5.74, 6) is 0. The maximum absolute atomic E-state index is 13.0. The third-order valence-electron chi connectivity index (χ3n) is 4.83. The quantitative estimate of drug-likeness (QED) is 0.567. The van der Waals surface area contributed by atoms with Gasteiger partial charge in [0.15, 0.2) is 0 Å². The molecule has 0 amide bonds. The Morgan fingerprint density at radius 2 is 2.08 bits per heavy atom. The normalized spacial score (nSPS) is 15.7. The van der Waals surface area contributed by atoms with Crippen molar-refractivity contribution >= 4 is 43.1 Å². The van der Waals surface area contributed by atoms with Crippen molar-refractivity contribution in [2.75, 3.05) is 12.4 Å². The van der Waals surface area contributed by atoms with Gasteiger partial charge in [-0.25, -0.2) is 9.97 Å². The highest BCUT2D eigenvalue weighted by Crippen LogP contribution is 2.39. The number of rotatable bonds is 3. The standard InChI is InChI=1S/C16H17N5O3S/c1-17-12-10(21(23)24)7-18-15-11(12)13-14(25-15)16(22)20(8-19-13)9-5-3-2-4-6-9/h7-9H,2-6H2,1H3,(H,17,18). The van der Waals surface area contributed by atoms with Crippen molar-refractivity contribution in [3.05, 3.63) is 33.0 Å². The average Bonchev–Trinajstić information content (AvgIpc) is 3.01. The molecule has 0 radical (unpaired) electrons. The first-order valence-electron chi connectivity index (χ1n) is 8.26. The van der Waals surface area contributed by atoms with Crippen LogP contribution in [0.3, 0.4) is 0 Å². The largest absolute Gasteiger partial charge is 0.382 e. The lowest BCUT2D eigenvalue weighted by atomic mass is 9.95. The summed E-state index contributed by atoms with van der Waals surface area (Å²) in [6, 6.07) is 0.189. The molecule has 0 spiro atoms. The number of fused-ring (bicyclic) bond motifs is 3. The molecule has 0 aliphatic heterocycles. The average molecular weight is 359 g/mol. The summed E-state index contributed by atoms with van der Waals surface area (Å²) in [4.78, 5) is 33.0. The highest BCUT2D eigenvalue weighted by atomic mass is 32.1. The van der Waals surface area contributed by atoms with Gasteiger partial charge < -0.3 is 5.32 Å². The molecule has 25 heavy (non-hydrogen) atoms. The van der Waals surface area contributed by atoms with Gasteiger partial charge in [0.05, 0.1) is 16.6 Å². The Hall–Kier alpha value is -2.55. The number of nitrogens with zero attached hydrogens (tertiary/aromatic N) is 4. The molecule has 1 aliphatic carbocycles. The van der Waals surface area contributed by atoms with Crippen LogP contribution in [0.5, 0.6) is 0 Å². The van der Waals surface area contributed by atoms with E-state index in [9.17, 15) is 14.9 Å². The molecule has 9 heteroatoms. The van der Waals surface area contributed by atoms with Crippen molar-refractivity contribution in [3.63, 3.8) is 0 Å². The Kier molecular flexibility index (Phi) is 3.87. The minimum absolute atomic E-state index is 0.0791. The molecule has 1 saturated carbocycles. The molecule has 0 bridgehead atoms. The Morgan fingerprint density at radius 3 is 2.76 bits per heavy atom. The predicted molar refractivity (Wildman–Crippen MR) is 97.5 cm³/mol. The predicted octanol–water partition coefficient (Wildman–Crippen LogP) is 3.46. The van der Waals surface area contributed by atoms with E-state index in [1.54, 1.807) is 17.9 Å². The molecule has 1 N–H and O–H groups in total. The van der Waals surface area contributed by atoms with Gasteiger partial charge >= 0.3 is 5.69 Å². The minimum atomic E-state index is -0.481. The Labute approximate surface area is 146 Å². The molecular weight excluding hydrogens is 342 g/mol. The van der Waals surface area contributed by atoms with Gasteiger partial charge in [0, 0.05) is 13.1 Å².